The number of hydrogen-bond acceptors (Lipinski definition) is 7. The highest BCUT2D eigenvalue weighted by Gasteiger charge is 2.23. The van der Waals surface area contributed by atoms with Gasteiger partial charge >= 0.3 is 5.97 Å². The second-order valence-electron chi connectivity index (χ2n) is 7.99. The third-order valence-corrected chi connectivity index (χ3v) is 7.04. The fourth-order valence-electron chi connectivity index (χ4n) is 3.67. The Bertz CT molecular complexity index is 978. The second kappa shape index (κ2) is 11.9. The van der Waals surface area contributed by atoms with E-state index in [0.717, 1.165) is 38.3 Å². The second-order valence-corrected chi connectivity index (χ2v) is 9.87. The minimum Gasteiger partial charge on any atom is -0.494 e. The Morgan fingerprint density at radius 2 is 1.64 bits per heavy atom. The van der Waals surface area contributed by atoms with Crippen molar-refractivity contribution in [2.24, 2.45) is 0 Å². The average Bonchev–Trinajstić information content (AvgIpc) is 2.83. The molecule has 9 nitrogen and oxygen atoms in total. The lowest BCUT2D eigenvalue weighted by Gasteiger charge is -2.37. The van der Waals surface area contributed by atoms with Crippen LogP contribution in [0.3, 0.4) is 0 Å². The van der Waals surface area contributed by atoms with E-state index >= 15 is 0 Å². The predicted molar refractivity (Wildman–Crippen MR) is 128 cm³/mol. The number of sulfonamides is 1. The van der Waals surface area contributed by atoms with E-state index < -0.39 is 22.0 Å². The van der Waals surface area contributed by atoms with Gasteiger partial charge in [0.25, 0.3) is 0 Å². The number of pyridine rings is 1. The number of ether oxygens (including phenoxy) is 1. The van der Waals surface area contributed by atoms with Crippen LogP contribution in [0.4, 0.5) is 11.4 Å². The Labute approximate surface area is 195 Å². The molecule has 0 spiro atoms. The molecular weight excluding hydrogens is 444 g/mol. The maximum Gasteiger partial charge on any atom is 0.321 e. The van der Waals surface area contributed by atoms with Gasteiger partial charge in [-0.1, -0.05) is 13.3 Å². The van der Waals surface area contributed by atoms with Gasteiger partial charge in [0.2, 0.25) is 10.0 Å². The van der Waals surface area contributed by atoms with Crippen molar-refractivity contribution in [1.82, 2.24) is 9.71 Å². The SMILES string of the molecule is CCCCS(=O)(=O)NC(CCOc1ccc(N2CCN(c3ccncc3)CC2)cc1)C(=O)O. The molecule has 2 heterocycles. The highest BCUT2D eigenvalue weighted by Crippen LogP contribution is 2.23. The Morgan fingerprint density at radius 1 is 1.06 bits per heavy atom. The van der Waals surface area contributed by atoms with Crippen LogP contribution in [0.15, 0.2) is 48.8 Å². The zero-order valence-electron chi connectivity index (χ0n) is 18.9. The number of anilines is 2. The first-order chi connectivity index (χ1) is 15.9. The molecule has 2 N–H and O–H groups in total. The first-order valence-electron chi connectivity index (χ1n) is 11.2. The van der Waals surface area contributed by atoms with Gasteiger partial charge in [-0.3, -0.25) is 9.78 Å². The summed E-state index contributed by atoms with van der Waals surface area (Å²) in [5.74, 6) is -0.668. The van der Waals surface area contributed by atoms with E-state index in [2.05, 4.69) is 19.5 Å². The van der Waals surface area contributed by atoms with Gasteiger partial charge in [0.1, 0.15) is 11.8 Å². The third-order valence-electron chi connectivity index (χ3n) is 5.57. The molecule has 1 fully saturated rings. The zero-order chi connectivity index (χ0) is 23.7. The van der Waals surface area contributed by atoms with Crippen molar-refractivity contribution < 1.29 is 23.1 Å². The van der Waals surface area contributed by atoms with Crippen LogP contribution in [0.2, 0.25) is 0 Å². The summed E-state index contributed by atoms with van der Waals surface area (Å²) in [6.07, 6.45) is 4.86. The minimum atomic E-state index is -3.62. The Hall–Kier alpha value is -2.85. The first-order valence-corrected chi connectivity index (χ1v) is 12.9. The third kappa shape index (κ3) is 7.61. The van der Waals surface area contributed by atoms with Crippen molar-refractivity contribution in [3.8, 4) is 5.75 Å². The maximum atomic E-state index is 12.0. The number of carboxylic acids is 1. The molecule has 0 bridgehead atoms. The Kier molecular flexibility index (Phi) is 8.90. The van der Waals surface area contributed by atoms with Gasteiger partial charge in [-0.05, 0) is 42.8 Å². The van der Waals surface area contributed by atoms with Crippen molar-refractivity contribution in [2.45, 2.75) is 32.2 Å². The maximum absolute atomic E-state index is 12.0. The smallest absolute Gasteiger partial charge is 0.321 e. The molecule has 1 aliphatic heterocycles. The van der Waals surface area contributed by atoms with Gasteiger partial charge < -0.3 is 19.6 Å². The fraction of sp³-hybridized carbons (Fsp3) is 0.478. The lowest BCUT2D eigenvalue weighted by Crippen LogP contribution is -2.46. The highest BCUT2D eigenvalue weighted by molar-refractivity contribution is 7.89. The summed E-state index contributed by atoms with van der Waals surface area (Å²) in [7, 11) is -3.62. The van der Waals surface area contributed by atoms with Crippen LogP contribution in [0.1, 0.15) is 26.2 Å². The topological polar surface area (TPSA) is 112 Å². The summed E-state index contributed by atoms with van der Waals surface area (Å²) in [5, 5.41) is 9.34. The number of aliphatic carboxylic acids is 1. The fourth-order valence-corrected chi connectivity index (χ4v) is 5.11. The minimum absolute atomic E-state index is 0.0411. The summed E-state index contributed by atoms with van der Waals surface area (Å²) in [4.78, 5) is 20.2. The summed E-state index contributed by atoms with van der Waals surface area (Å²) in [5.41, 5.74) is 2.28. The molecule has 1 saturated heterocycles. The number of nitrogens with one attached hydrogen (secondary N) is 1. The van der Waals surface area contributed by atoms with Gasteiger partial charge in [0.05, 0.1) is 12.4 Å². The largest absolute Gasteiger partial charge is 0.494 e. The van der Waals surface area contributed by atoms with Crippen LogP contribution in [0.25, 0.3) is 0 Å². The van der Waals surface area contributed by atoms with Crippen LogP contribution >= 0.6 is 0 Å². The normalized spacial score (nSPS) is 15.3. The number of aromatic nitrogens is 1. The van der Waals surface area contributed by atoms with E-state index in [0.29, 0.717) is 12.2 Å². The van der Waals surface area contributed by atoms with E-state index in [1.54, 1.807) is 12.4 Å². The molecule has 0 radical (unpaired) electrons. The van der Waals surface area contributed by atoms with Gasteiger partial charge in [-0.25, -0.2) is 13.1 Å². The number of unbranched alkanes of at least 4 members (excludes halogenated alkanes) is 1. The molecule has 10 heteroatoms. The molecule has 0 saturated carbocycles. The number of piperazine rings is 1. The molecular formula is C23H32N4O5S. The van der Waals surface area contributed by atoms with Crippen molar-refractivity contribution >= 4 is 27.4 Å². The van der Waals surface area contributed by atoms with E-state index in [9.17, 15) is 18.3 Å². The standard InChI is InChI=1S/C23H32N4O5S/c1-2-3-18-33(30,31)25-22(23(28)29)10-17-32-21-6-4-19(5-7-21)26-13-15-27(16-14-26)20-8-11-24-12-9-20/h4-9,11-12,22,25H,2-3,10,13-18H2,1H3,(H,28,29). The van der Waals surface area contributed by atoms with Gasteiger partial charge in [0, 0.05) is 56.4 Å². The van der Waals surface area contributed by atoms with E-state index in [1.165, 1.54) is 5.69 Å². The number of carbonyl (C=O) groups is 1. The van der Waals surface area contributed by atoms with Crippen molar-refractivity contribution in [1.29, 1.82) is 0 Å². The Balaban J connectivity index is 1.46. The van der Waals surface area contributed by atoms with Crippen molar-refractivity contribution in [3.63, 3.8) is 0 Å². The van der Waals surface area contributed by atoms with E-state index in [1.807, 2.05) is 43.3 Å². The Morgan fingerprint density at radius 3 is 2.18 bits per heavy atom. The quantitative estimate of drug-likeness (QED) is 0.480. The molecule has 2 aromatic rings. The summed E-state index contributed by atoms with van der Waals surface area (Å²) >= 11 is 0. The van der Waals surface area contributed by atoms with Crippen LogP contribution in [0.5, 0.6) is 5.75 Å². The molecule has 180 valence electrons. The van der Waals surface area contributed by atoms with Crippen molar-refractivity contribution in [3.05, 3.63) is 48.8 Å². The van der Waals surface area contributed by atoms with Crippen LogP contribution in [-0.4, -0.2) is 69.1 Å². The lowest BCUT2D eigenvalue weighted by molar-refractivity contribution is -0.139. The number of benzene rings is 1. The van der Waals surface area contributed by atoms with Gasteiger partial charge in [-0.2, -0.15) is 0 Å². The highest BCUT2D eigenvalue weighted by atomic mass is 32.2. The number of nitrogens with zero attached hydrogens (tertiary/aromatic N) is 3. The van der Waals surface area contributed by atoms with E-state index in [4.69, 9.17) is 4.74 Å². The number of carboxylic acid groups (broad SMARTS) is 1. The molecule has 0 amide bonds. The average molecular weight is 477 g/mol. The van der Waals surface area contributed by atoms with Crippen LogP contribution < -0.4 is 19.3 Å². The van der Waals surface area contributed by atoms with Gasteiger partial charge in [0.15, 0.2) is 0 Å². The lowest BCUT2D eigenvalue weighted by atomic mass is 10.2. The molecule has 1 aromatic carbocycles. The van der Waals surface area contributed by atoms with Crippen LogP contribution in [-0.2, 0) is 14.8 Å². The molecule has 1 unspecified atom stereocenters. The number of hydrogen-bond donors (Lipinski definition) is 2. The first kappa shape index (κ1) is 24.8. The van der Waals surface area contributed by atoms with Crippen LogP contribution in [0, 0.1) is 0 Å². The summed E-state index contributed by atoms with van der Waals surface area (Å²) in [6.45, 7) is 5.63. The number of rotatable bonds is 12. The molecule has 3 rings (SSSR count). The molecule has 1 atom stereocenters. The summed E-state index contributed by atoms with van der Waals surface area (Å²) in [6, 6.07) is 10.5. The molecule has 1 aliphatic rings. The summed E-state index contributed by atoms with van der Waals surface area (Å²) < 4.78 is 31.9. The predicted octanol–water partition coefficient (Wildman–Crippen LogP) is 2.35. The molecule has 33 heavy (non-hydrogen) atoms. The zero-order valence-corrected chi connectivity index (χ0v) is 19.7. The van der Waals surface area contributed by atoms with Gasteiger partial charge in [-0.15, -0.1) is 0 Å². The molecule has 1 aromatic heterocycles. The van der Waals surface area contributed by atoms with E-state index in [-0.39, 0.29) is 18.8 Å². The molecule has 0 aliphatic carbocycles. The van der Waals surface area contributed by atoms with Crippen molar-refractivity contribution in [2.75, 3.05) is 48.3 Å². The monoisotopic (exact) mass is 476 g/mol.